The summed E-state index contributed by atoms with van der Waals surface area (Å²) in [5.41, 5.74) is 0.562. The molecule has 1 rings (SSSR count). The Kier molecular flexibility index (Phi) is 4.07. The molecule has 0 spiro atoms. The molecule has 0 aliphatic carbocycles. The highest BCUT2D eigenvalue weighted by atomic mass is 15.3. The molecule has 0 aromatic rings. The van der Waals surface area contributed by atoms with Gasteiger partial charge in [0.25, 0.3) is 0 Å². The van der Waals surface area contributed by atoms with Gasteiger partial charge in [0.2, 0.25) is 0 Å². The molecule has 96 valence electrons. The van der Waals surface area contributed by atoms with Gasteiger partial charge in [-0.1, -0.05) is 20.8 Å². The van der Waals surface area contributed by atoms with Crippen molar-refractivity contribution in [2.75, 3.05) is 13.1 Å². The van der Waals surface area contributed by atoms with Crippen molar-refractivity contribution in [3.63, 3.8) is 0 Å². The first kappa shape index (κ1) is 14.0. The molecule has 0 aromatic heterocycles. The second kappa shape index (κ2) is 4.66. The number of nitrogens with zero attached hydrogens (tertiary/aromatic N) is 1. The maximum Gasteiger partial charge on any atom is 0.0253 e. The zero-order valence-corrected chi connectivity index (χ0v) is 12.2. The van der Waals surface area contributed by atoms with Gasteiger partial charge < -0.3 is 5.32 Å². The van der Waals surface area contributed by atoms with Crippen LogP contribution in [-0.4, -0.2) is 35.1 Å². The summed E-state index contributed by atoms with van der Waals surface area (Å²) >= 11 is 0. The first-order chi connectivity index (χ1) is 7.19. The van der Waals surface area contributed by atoms with Crippen LogP contribution >= 0.6 is 0 Å². The molecule has 1 aliphatic rings. The Morgan fingerprint density at radius 3 is 2.38 bits per heavy atom. The summed E-state index contributed by atoms with van der Waals surface area (Å²) in [6, 6.07) is 0.669. The van der Waals surface area contributed by atoms with E-state index in [1.165, 1.54) is 6.42 Å². The van der Waals surface area contributed by atoms with E-state index in [9.17, 15) is 0 Å². The van der Waals surface area contributed by atoms with E-state index in [1.54, 1.807) is 0 Å². The van der Waals surface area contributed by atoms with Gasteiger partial charge in [-0.05, 0) is 40.0 Å². The molecule has 0 aromatic carbocycles. The first-order valence-electron chi connectivity index (χ1n) is 6.71. The van der Waals surface area contributed by atoms with Gasteiger partial charge in [-0.3, -0.25) is 4.90 Å². The second-order valence-corrected chi connectivity index (χ2v) is 6.87. The van der Waals surface area contributed by atoms with E-state index < -0.39 is 0 Å². The summed E-state index contributed by atoms with van der Waals surface area (Å²) in [5.74, 6) is 0.717. The molecule has 2 nitrogen and oxygen atoms in total. The minimum atomic E-state index is 0.248. The van der Waals surface area contributed by atoms with Gasteiger partial charge >= 0.3 is 0 Å². The Labute approximate surface area is 102 Å². The third kappa shape index (κ3) is 2.98. The van der Waals surface area contributed by atoms with Crippen LogP contribution in [0, 0.1) is 5.92 Å². The maximum absolute atomic E-state index is 3.67. The molecule has 1 unspecified atom stereocenters. The summed E-state index contributed by atoms with van der Waals surface area (Å²) < 4.78 is 0. The third-order valence-corrected chi connectivity index (χ3v) is 4.17. The van der Waals surface area contributed by atoms with E-state index in [1.807, 2.05) is 0 Å². The predicted molar refractivity (Wildman–Crippen MR) is 71.8 cm³/mol. The van der Waals surface area contributed by atoms with E-state index in [2.05, 4.69) is 58.7 Å². The summed E-state index contributed by atoms with van der Waals surface area (Å²) in [6.45, 7) is 18.6. The van der Waals surface area contributed by atoms with Crippen LogP contribution in [0.25, 0.3) is 0 Å². The Balaban J connectivity index is 2.88. The Morgan fingerprint density at radius 2 is 1.94 bits per heavy atom. The molecular weight excluding hydrogens is 196 g/mol. The largest absolute Gasteiger partial charge is 0.309 e. The Morgan fingerprint density at radius 1 is 1.38 bits per heavy atom. The van der Waals surface area contributed by atoms with Crippen molar-refractivity contribution in [1.82, 2.24) is 10.2 Å². The number of hydrogen-bond acceptors (Lipinski definition) is 2. The van der Waals surface area contributed by atoms with Crippen LogP contribution in [0.15, 0.2) is 0 Å². The minimum absolute atomic E-state index is 0.248. The van der Waals surface area contributed by atoms with Crippen molar-refractivity contribution in [3.8, 4) is 0 Å². The molecule has 1 fully saturated rings. The van der Waals surface area contributed by atoms with Gasteiger partial charge in [-0.15, -0.1) is 0 Å². The van der Waals surface area contributed by atoms with Crippen LogP contribution < -0.4 is 5.32 Å². The fourth-order valence-corrected chi connectivity index (χ4v) is 2.55. The van der Waals surface area contributed by atoms with Gasteiger partial charge in [0.05, 0.1) is 0 Å². The topological polar surface area (TPSA) is 15.3 Å². The zero-order valence-electron chi connectivity index (χ0n) is 12.2. The molecule has 1 atom stereocenters. The van der Waals surface area contributed by atoms with Crippen LogP contribution in [0.2, 0.25) is 0 Å². The molecule has 0 bridgehead atoms. The predicted octanol–water partition coefficient (Wildman–Crippen LogP) is 2.88. The standard InChI is InChI=1S/C14H30N2/c1-8-14(6,7)16-10-13(4,5)15-9-12(16)11(2)3/h11-12,15H,8-10H2,1-7H3. The number of hydrogen-bond donors (Lipinski definition) is 1. The summed E-state index contributed by atoms with van der Waals surface area (Å²) in [4.78, 5) is 2.72. The lowest BCUT2D eigenvalue weighted by atomic mass is 9.86. The number of piperazine rings is 1. The highest BCUT2D eigenvalue weighted by Gasteiger charge is 2.40. The fraction of sp³-hybridized carbons (Fsp3) is 1.00. The summed E-state index contributed by atoms with van der Waals surface area (Å²) in [6.07, 6.45) is 1.21. The average Bonchev–Trinajstić information content (AvgIpc) is 2.15. The molecule has 1 heterocycles. The minimum Gasteiger partial charge on any atom is -0.309 e. The van der Waals surface area contributed by atoms with Crippen LogP contribution in [0.1, 0.15) is 54.9 Å². The van der Waals surface area contributed by atoms with Crippen LogP contribution in [-0.2, 0) is 0 Å². The monoisotopic (exact) mass is 226 g/mol. The van der Waals surface area contributed by atoms with Crippen molar-refractivity contribution in [2.24, 2.45) is 5.92 Å². The lowest BCUT2D eigenvalue weighted by Gasteiger charge is -2.53. The normalized spacial score (nSPS) is 27.4. The highest BCUT2D eigenvalue weighted by molar-refractivity contribution is 4.98. The van der Waals surface area contributed by atoms with E-state index in [-0.39, 0.29) is 5.54 Å². The third-order valence-electron chi connectivity index (χ3n) is 4.17. The molecular formula is C14H30N2. The fourth-order valence-electron chi connectivity index (χ4n) is 2.55. The van der Waals surface area contributed by atoms with E-state index >= 15 is 0 Å². The SMILES string of the molecule is CCC(C)(C)N1CC(C)(C)NCC1C(C)C. The van der Waals surface area contributed by atoms with Crippen molar-refractivity contribution < 1.29 is 0 Å². The number of rotatable bonds is 3. The Bertz CT molecular complexity index is 231. The van der Waals surface area contributed by atoms with E-state index in [0.29, 0.717) is 11.6 Å². The maximum atomic E-state index is 3.67. The van der Waals surface area contributed by atoms with Gasteiger partial charge in [0, 0.05) is 30.2 Å². The number of nitrogens with one attached hydrogen (secondary N) is 1. The molecule has 1 aliphatic heterocycles. The highest BCUT2D eigenvalue weighted by Crippen LogP contribution is 2.29. The van der Waals surface area contributed by atoms with Crippen molar-refractivity contribution in [1.29, 1.82) is 0 Å². The molecule has 0 amide bonds. The van der Waals surface area contributed by atoms with Crippen molar-refractivity contribution in [2.45, 2.75) is 72.0 Å². The van der Waals surface area contributed by atoms with Crippen molar-refractivity contribution in [3.05, 3.63) is 0 Å². The molecule has 1 N–H and O–H groups in total. The lowest BCUT2D eigenvalue weighted by Crippen LogP contribution is -2.67. The molecule has 0 radical (unpaired) electrons. The van der Waals surface area contributed by atoms with Crippen molar-refractivity contribution >= 4 is 0 Å². The zero-order chi connectivity index (χ0) is 12.6. The van der Waals surface area contributed by atoms with Crippen LogP contribution in [0.4, 0.5) is 0 Å². The summed E-state index contributed by atoms with van der Waals surface area (Å²) in [7, 11) is 0. The summed E-state index contributed by atoms with van der Waals surface area (Å²) in [5, 5.41) is 3.67. The first-order valence-corrected chi connectivity index (χ1v) is 6.71. The lowest BCUT2D eigenvalue weighted by molar-refractivity contribution is -0.0108. The van der Waals surface area contributed by atoms with Gasteiger partial charge in [-0.25, -0.2) is 0 Å². The molecule has 16 heavy (non-hydrogen) atoms. The van der Waals surface area contributed by atoms with Gasteiger partial charge in [0.1, 0.15) is 0 Å². The van der Waals surface area contributed by atoms with Gasteiger partial charge in [0.15, 0.2) is 0 Å². The second-order valence-electron chi connectivity index (χ2n) is 6.87. The molecule has 1 saturated heterocycles. The Hall–Kier alpha value is -0.0800. The van der Waals surface area contributed by atoms with Crippen LogP contribution in [0.5, 0.6) is 0 Å². The van der Waals surface area contributed by atoms with Gasteiger partial charge in [-0.2, -0.15) is 0 Å². The van der Waals surface area contributed by atoms with E-state index in [4.69, 9.17) is 0 Å². The van der Waals surface area contributed by atoms with Crippen LogP contribution in [0.3, 0.4) is 0 Å². The quantitative estimate of drug-likeness (QED) is 0.796. The van der Waals surface area contributed by atoms with E-state index in [0.717, 1.165) is 19.0 Å². The molecule has 0 saturated carbocycles. The average molecular weight is 226 g/mol. The smallest absolute Gasteiger partial charge is 0.0253 e. The molecule has 2 heteroatoms.